The number of benzene rings is 2. The third kappa shape index (κ3) is 4.78. The zero-order chi connectivity index (χ0) is 26.4. The predicted molar refractivity (Wildman–Crippen MR) is 135 cm³/mol. The van der Waals surface area contributed by atoms with E-state index in [2.05, 4.69) is 20.3 Å². The largest absolute Gasteiger partial charge is 0.508 e. The Morgan fingerprint density at radius 2 is 1.82 bits per heavy atom. The maximum absolute atomic E-state index is 16.2. The van der Waals surface area contributed by atoms with Crippen molar-refractivity contribution in [3.63, 3.8) is 0 Å². The Bertz CT molecular complexity index is 1500. The number of nitrogens with one attached hydrogen (secondary N) is 1. The van der Waals surface area contributed by atoms with Gasteiger partial charge < -0.3 is 20.1 Å². The summed E-state index contributed by atoms with van der Waals surface area (Å²) in [5.74, 6) is -0.313. The number of aromatic nitrogens is 3. The molecule has 2 saturated heterocycles. The van der Waals surface area contributed by atoms with Crippen molar-refractivity contribution in [1.29, 1.82) is 0 Å². The van der Waals surface area contributed by atoms with Gasteiger partial charge in [-0.15, -0.1) is 0 Å². The van der Waals surface area contributed by atoms with Crippen LogP contribution in [-0.2, 0) is 0 Å². The third-order valence-electron chi connectivity index (χ3n) is 7.10. The molecule has 0 aliphatic carbocycles. The highest BCUT2D eigenvalue weighted by molar-refractivity contribution is 5.99. The molecule has 198 valence electrons. The van der Waals surface area contributed by atoms with Crippen LogP contribution < -0.4 is 15.0 Å². The summed E-state index contributed by atoms with van der Waals surface area (Å²) in [5.41, 5.74) is 0.356. The number of hydrogen-bond donors (Lipinski definition) is 2. The van der Waals surface area contributed by atoms with Crippen molar-refractivity contribution < 1.29 is 27.4 Å². The fraction of sp³-hybridized carbons (Fsp3) is 0.370. The van der Waals surface area contributed by atoms with E-state index in [1.807, 2.05) is 29.2 Å². The molecule has 0 radical (unpaired) electrons. The van der Waals surface area contributed by atoms with Gasteiger partial charge in [0.2, 0.25) is 0 Å². The van der Waals surface area contributed by atoms with Crippen LogP contribution in [0.5, 0.6) is 11.8 Å². The molecule has 11 heteroatoms. The quantitative estimate of drug-likeness (QED) is 0.258. The van der Waals surface area contributed by atoms with Crippen LogP contribution in [0.25, 0.3) is 32.9 Å². The lowest BCUT2D eigenvalue weighted by Crippen LogP contribution is -2.51. The first-order chi connectivity index (χ1) is 18.2. The molecule has 7 nitrogen and oxygen atoms in total. The molecule has 2 aromatic heterocycles. The molecule has 0 saturated carbocycles. The summed E-state index contributed by atoms with van der Waals surface area (Å²) >= 11 is 0. The Hall–Kier alpha value is -3.73. The Balaban J connectivity index is 1.45. The number of phenolic OH excluding ortho intramolecular Hbond substituents is 1. The first-order valence-corrected chi connectivity index (χ1v) is 12.5. The van der Waals surface area contributed by atoms with Gasteiger partial charge in [0, 0.05) is 43.4 Å². The molecular weight excluding hydrogens is 502 g/mol. The highest BCUT2D eigenvalue weighted by Crippen LogP contribution is 2.37. The van der Waals surface area contributed by atoms with E-state index in [9.17, 15) is 18.3 Å². The molecule has 2 unspecified atom stereocenters. The van der Waals surface area contributed by atoms with Crippen LogP contribution in [-0.4, -0.2) is 58.0 Å². The molecule has 2 aliphatic rings. The number of ether oxygens (including phenoxy) is 1. The number of alkyl halides is 3. The summed E-state index contributed by atoms with van der Waals surface area (Å²) < 4.78 is 59.5. The zero-order valence-corrected chi connectivity index (χ0v) is 20.3. The van der Waals surface area contributed by atoms with E-state index in [0.29, 0.717) is 35.2 Å². The van der Waals surface area contributed by atoms with Gasteiger partial charge in [-0.1, -0.05) is 24.3 Å². The van der Waals surface area contributed by atoms with Crippen molar-refractivity contribution in [3.8, 4) is 23.0 Å². The second-order valence-corrected chi connectivity index (χ2v) is 9.84. The van der Waals surface area contributed by atoms with Crippen molar-refractivity contribution in [1.82, 2.24) is 20.3 Å². The SMILES string of the molecule is Oc1cc(-c2ncc3c(N4CC5CCC(C4)N5)nc(OCCCC(F)(F)F)nc3c2F)c2ccccc2c1. The predicted octanol–water partition coefficient (Wildman–Crippen LogP) is 5.35. The van der Waals surface area contributed by atoms with E-state index < -0.39 is 18.4 Å². The van der Waals surface area contributed by atoms with Gasteiger partial charge >= 0.3 is 12.2 Å². The van der Waals surface area contributed by atoms with Crippen LogP contribution >= 0.6 is 0 Å². The first-order valence-electron chi connectivity index (χ1n) is 12.5. The molecule has 2 fully saturated rings. The number of pyridine rings is 1. The van der Waals surface area contributed by atoms with Gasteiger partial charge in [-0.2, -0.15) is 23.1 Å². The molecule has 2 aromatic carbocycles. The topological polar surface area (TPSA) is 83.4 Å². The second-order valence-electron chi connectivity index (χ2n) is 9.84. The Morgan fingerprint density at radius 1 is 1.05 bits per heavy atom. The van der Waals surface area contributed by atoms with Crippen molar-refractivity contribution in [2.75, 3.05) is 24.6 Å². The summed E-state index contributed by atoms with van der Waals surface area (Å²) in [7, 11) is 0. The standard InChI is InChI=1S/C27H25F4N5O2/c28-22-23(20-11-18(37)10-15-4-1-2-5-19(15)20)32-12-21-24(22)34-26(38-9-3-8-27(29,30)31)35-25(21)36-13-16-6-7-17(14-36)33-16/h1-2,4-5,10-12,16-17,33,37H,3,6-9,13-14H2. The normalized spacial score (nSPS) is 19.4. The zero-order valence-electron chi connectivity index (χ0n) is 20.3. The Morgan fingerprint density at radius 3 is 2.58 bits per heavy atom. The van der Waals surface area contributed by atoms with Crippen molar-refractivity contribution in [3.05, 3.63) is 48.4 Å². The lowest BCUT2D eigenvalue weighted by molar-refractivity contribution is -0.136. The summed E-state index contributed by atoms with van der Waals surface area (Å²) in [6, 6.07) is 10.6. The van der Waals surface area contributed by atoms with Gasteiger partial charge in [-0.05, 0) is 42.2 Å². The summed E-state index contributed by atoms with van der Waals surface area (Å²) in [6.07, 6.45) is -2.01. The van der Waals surface area contributed by atoms with Crippen LogP contribution in [0.4, 0.5) is 23.4 Å². The number of aromatic hydroxyl groups is 1. The number of piperazine rings is 1. The number of rotatable bonds is 6. The molecule has 2 atom stereocenters. The van der Waals surface area contributed by atoms with Gasteiger partial charge in [0.05, 0.1) is 12.0 Å². The molecule has 0 amide bonds. The molecule has 0 spiro atoms. The van der Waals surface area contributed by atoms with Crippen LogP contribution in [0, 0.1) is 5.82 Å². The molecule has 2 aliphatic heterocycles. The van der Waals surface area contributed by atoms with Gasteiger partial charge in [0.25, 0.3) is 0 Å². The smallest absolute Gasteiger partial charge is 0.389 e. The number of hydrogen-bond acceptors (Lipinski definition) is 7. The van der Waals surface area contributed by atoms with Crippen LogP contribution in [0.1, 0.15) is 25.7 Å². The number of halogens is 4. The fourth-order valence-electron chi connectivity index (χ4n) is 5.41. The third-order valence-corrected chi connectivity index (χ3v) is 7.10. The number of nitrogens with zero attached hydrogens (tertiary/aromatic N) is 4. The maximum Gasteiger partial charge on any atom is 0.389 e. The minimum Gasteiger partial charge on any atom is -0.508 e. The average Bonchev–Trinajstić information content (AvgIpc) is 3.23. The van der Waals surface area contributed by atoms with Gasteiger partial charge in [0.15, 0.2) is 5.82 Å². The lowest BCUT2D eigenvalue weighted by atomic mass is 10.0. The van der Waals surface area contributed by atoms with E-state index in [-0.39, 0.29) is 48.1 Å². The minimum atomic E-state index is -4.30. The molecule has 2 N–H and O–H groups in total. The highest BCUT2D eigenvalue weighted by Gasteiger charge is 2.34. The van der Waals surface area contributed by atoms with Crippen molar-refractivity contribution in [2.24, 2.45) is 0 Å². The molecule has 2 bridgehead atoms. The second kappa shape index (κ2) is 9.54. The van der Waals surface area contributed by atoms with E-state index >= 15 is 4.39 Å². The summed E-state index contributed by atoms with van der Waals surface area (Å²) in [6.45, 7) is 1.04. The molecule has 38 heavy (non-hydrogen) atoms. The molecular formula is C27H25F4N5O2. The monoisotopic (exact) mass is 527 g/mol. The number of fused-ring (bicyclic) bond motifs is 4. The van der Waals surface area contributed by atoms with Crippen molar-refractivity contribution in [2.45, 2.75) is 43.9 Å². The van der Waals surface area contributed by atoms with E-state index in [1.54, 1.807) is 6.07 Å². The average molecular weight is 528 g/mol. The van der Waals surface area contributed by atoms with Gasteiger partial charge in [-0.3, -0.25) is 4.98 Å². The first kappa shape index (κ1) is 24.6. The molecule has 6 rings (SSSR count). The summed E-state index contributed by atoms with van der Waals surface area (Å²) in [4.78, 5) is 15.2. The molecule has 4 aromatic rings. The fourth-order valence-corrected chi connectivity index (χ4v) is 5.41. The molecule has 4 heterocycles. The maximum atomic E-state index is 16.2. The highest BCUT2D eigenvalue weighted by atomic mass is 19.4. The van der Waals surface area contributed by atoms with E-state index in [0.717, 1.165) is 18.2 Å². The van der Waals surface area contributed by atoms with Gasteiger partial charge in [-0.25, -0.2) is 4.39 Å². The number of phenols is 1. The van der Waals surface area contributed by atoms with Crippen LogP contribution in [0.2, 0.25) is 0 Å². The van der Waals surface area contributed by atoms with E-state index in [4.69, 9.17) is 4.74 Å². The number of anilines is 1. The Kier molecular flexibility index (Phi) is 6.17. The lowest BCUT2D eigenvalue weighted by Gasteiger charge is -2.34. The summed E-state index contributed by atoms with van der Waals surface area (Å²) in [5, 5.41) is 15.6. The minimum absolute atomic E-state index is 0.00217. The van der Waals surface area contributed by atoms with E-state index in [1.165, 1.54) is 12.3 Å². The van der Waals surface area contributed by atoms with Crippen molar-refractivity contribution >= 4 is 27.5 Å². The van der Waals surface area contributed by atoms with Gasteiger partial charge in [0.1, 0.15) is 22.8 Å². The van der Waals surface area contributed by atoms with Crippen LogP contribution in [0.15, 0.2) is 42.6 Å². The van der Waals surface area contributed by atoms with Crippen LogP contribution in [0.3, 0.4) is 0 Å². The Labute approximate surface area is 215 Å².